The van der Waals surface area contributed by atoms with Gasteiger partial charge in [0.1, 0.15) is 5.82 Å². The summed E-state index contributed by atoms with van der Waals surface area (Å²) in [5, 5.41) is 8.23. The third kappa shape index (κ3) is 4.61. The van der Waals surface area contributed by atoms with Gasteiger partial charge in [-0.2, -0.15) is 5.10 Å². The number of benzene rings is 1. The van der Waals surface area contributed by atoms with Crippen LogP contribution in [-0.4, -0.2) is 47.3 Å². The van der Waals surface area contributed by atoms with Gasteiger partial charge in [0.05, 0.1) is 0 Å². The Morgan fingerprint density at radius 1 is 1.36 bits per heavy atom. The minimum Gasteiger partial charge on any atom is -0.343 e. The lowest BCUT2D eigenvalue weighted by Gasteiger charge is -2.25. The van der Waals surface area contributed by atoms with Gasteiger partial charge in [0.25, 0.3) is 5.91 Å². The summed E-state index contributed by atoms with van der Waals surface area (Å²) in [5.74, 6) is 0.290. The zero-order valence-electron chi connectivity index (χ0n) is 17.3. The van der Waals surface area contributed by atoms with Gasteiger partial charge >= 0.3 is 0 Å². The summed E-state index contributed by atoms with van der Waals surface area (Å²) in [5.41, 5.74) is 3.60. The fourth-order valence-electron chi connectivity index (χ4n) is 3.85. The molecule has 0 spiro atoms. The average Bonchev–Trinajstić information content (AvgIpc) is 2.99. The van der Waals surface area contributed by atoms with Crippen LogP contribution in [0.1, 0.15) is 47.6 Å². The fraction of sp³-hybridized carbons (Fsp3) is 0.545. The Kier molecular flexibility index (Phi) is 6.50. The predicted octanol–water partition coefficient (Wildman–Crippen LogP) is 3.07. The number of rotatable bonds is 7. The minimum atomic E-state index is -0.149. The van der Waals surface area contributed by atoms with Crippen molar-refractivity contribution in [1.29, 1.82) is 0 Å². The first-order valence-electron chi connectivity index (χ1n) is 10.1. The molecule has 0 aliphatic heterocycles. The van der Waals surface area contributed by atoms with Crippen molar-refractivity contribution in [1.82, 2.24) is 20.0 Å². The highest BCUT2D eigenvalue weighted by Gasteiger charge is 2.29. The number of nitrogens with zero attached hydrogens (tertiary/aromatic N) is 3. The van der Waals surface area contributed by atoms with Gasteiger partial charge in [-0.25, -0.2) is 4.39 Å². The van der Waals surface area contributed by atoms with E-state index in [2.05, 4.69) is 24.3 Å². The van der Waals surface area contributed by atoms with E-state index in [4.69, 9.17) is 0 Å². The number of hydrogen-bond donors (Lipinski definition) is 1. The normalized spacial score (nSPS) is 16.3. The predicted molar refractivity (Wildman–Crippen MR) is 109 cm³/mol. The van der Waals surface area contributed by atoms with Gasteiger partial charge in [-0.05, 0) is 49.8 Å². The number of fused-ring (bicyclic) bond motifs is 1. The number of halogens is 1. The van der Waals surface area contributed by atoms with Crippen LogP contribution >= 0.6 is 0 Å². The second kappa shape index (κ2) is 8.86. The van der Waals surface area contributed by atoms with Crippen LogP contribution in [-0.2, 0) is 25.8 Å². The highest BCUT2D eigenvalue weighted by atomic mass is 19.1. The number of hydrogen-bond acceptors (Lipinski definition) is 3. The lowest BCUT2D eigenvalue weighted by Crippen LogP contribution is -2.37. The molecule has 0 saturated heterocycles. The van der Waals surface area contributed by atoms with E-state index in [1.807, 2.05) is 16.8 Å². The summed E-state index contributed by atoms with van der Waals surface area (Å²) in [6.45, 7) is 5.88. The maximum Gasteiger partial charge on any atom is 0.274 e. The molecule has 1 aliphatic rings. The first kappa shape index (κ1) is 20.5. The summed E-state index contributed by atoms with van der Waals surface area (Å²) in [4.78, 5) is 14.2. The van der Waals surface area contributed by atoms with Gasteiger partial charge in [0, 0.05) is 37.9 Å². The first-order valence-corrected chi connectivity index (χ1v) is 10.1. The molecular formula is C22H31FN4O. The first-order chi connectivity index (χ1) is 13.4. The van der Waals surface area contributed by atoms with E-state index >= 15 is 0 Å². The van der Waals surface area contributed by atoms with Crippen molar-refractivity contribution in [3.05, 3.63) is 52.6 Å². The molecule has 6 heteroatoms. The smallest absolute Gasteiger partial charge is 0.274 e. The maximum atomic E-state index is 13.8. The molecule has 2 aromatic rings. The monoisotopic (exact) mass is 386 g/mol. The lowest BCUT2D eigenvalue weighted by atomic mass is 9.90. The van der Waals surface area contributed by atoms with Crippen molar-refractivity contribution < 1.29 is 9.18 Å². The van der Waals surface area contributed by atoms with Crippen LogP contribution in [0.3, 0.4) is 0 Å². The summed E-state index contributed by atoms with van der Waals surface area (Å²) < 4.78 is 15.8. The van der Waals surface area contributed by atoms with Crippen LogP contribution in [0.5, 0.6) is 0 Å². The quantitative estimate of drug-likeness (QED) is 0.796. The van der Waals surface area contributed by atoms with E-state index in [0.29, 0.717) is 18.0 Å². The van der Waals surface area contributed by atoms with Crippen LogP contribution in [0, 0.1) is 11.7 Å². The molecule has 1 amide bonds. The molecule has 0 bridgehead atoms. The van der Waals surface area contributed by atoms with Crippen LogP contribution in [0.15, 0.2) is 24.3 Å². The molecule has 1 N–H and O–H groups in total. The molecule has 0 radical (unpaired) electrons. The zero-order chi connectivity index (χ0) is 20.3. The zero-order valence-corrected chi connectivity index (χ0v) is 17.3. The SMILES string of the molecule is CC(C)Cn1nc(C(=O)N(C)C)c2c1CCC(NCCc1ccccc1F)C2. The molecule has 1 heterocycles. The Balaban J connectivity index is 1.71. The fourth-order valence-corrected chi connectivity index (χ4v) is 3.85. The Hall–Kier alpha value is -2.21. The molecule has 152 valence electrons. The molecule has 28 heavy (non-hydrogen) atoms. The minimum absolute atomic E-state index is 0.0363. The van der Waals surface area contributed by atoms with E-state index in [9.17, 15) is 9.18 Å². The summed E-state index contributed by atoms with van der Waals surface area (Å²) >= 11 is 0. The Morgan fingerprint density at radius 3 is 2.79 bits per heavy atom. The third-order valence-electron chi connectivity index (χ3n) is 5.28. The number of aromatic nitrogens is 2. The van der Waals surface area contributed by atoms with E-state index in [1.54, 1.807) is 25.1 Å². The van der Waals surface area contributed by atoms with E-state index in [0.717, 1.165) is 43.5 Å². The molecule has 1 atom stereocenters. The van der Waals surface area contributed by atoms with Crippen LogP contribution < -0.4 is 5.32 Å². The van der Waals surface area contributed by atoms with E-state index in [1.165, 1.54) is 11.8 Å². The van der Waals surface area contributed by atoms with Crippen LogP contribution in [0.2, 0.25) is 0 Å². The molecule has 1 aromatic heterocycles. The molecule has 3 rings (SSSR count). The van der Waals surface area contributed by atoms with E-state index in [-0.39, 0.29) is 17.8 Å². The standard InChI is InChI=1S/C22H31FN4O/c1-15(2)14-27-20-10-9-17(13-18(20)21(25-27)22(28)26(3)4)24-12-11-16-7-5-6-8-19(16)23/h5-8,15,17,24H,9-14H2,1-4H3. The van der Waals surface area contributed by atoms with Gasteiger partial charge < -0.3 is 10.2 Å². The molecule has 5 nitrogen and oxygen atoms in total. The Morgan fingerprint density at radius 2 is 2.11 bits per heavy atom. The third-order valence-corrected chi connectivity index (χ3v) is 5.28. The summed E-state index contributed by atoms with van der Waals surface area (Å²) in [7, 11) is 3.53. The Bertz CT molecular complexity index is 828. The van der Waals surface area contributed by atoms with Gasteiger partial charge in [0.15, 0.2) is 5.69 Å². The van der Waals surface area contributed by atoms with Crippen molar-refractivity contribution in [2.24, 2.45) is 5.92 Å². The van der Waals surface area contributed by atoms with Crippen molar-refractivity contribution in [2.75, 3.05) is 20.6 Å². The lowest BCUT2D eigenvalue weighted by molar-refractivity contribution is 0.0819. The van der Waals surface area contributed by atoms with Gasteiger partial charge in [0.2, 0.25) is 0 Å². The molecule has 1 aromatic carbocycles. The number of carbonyl (C=O) groups is 1. The van der Waals surface area contributed by atoms with Crippen molar-refractivity contribution in [2.45, 2.75) is 52.1 Å². The molecule has 1 aliphatic carbocycles. The average molecular weight is 387 g/mol. The largest absolute Gasteiger partial charge is 0.343 e. The van der Waals surface area contributed by atoms with E-state index < -0.39 is 0 Å². The second-order valence-electron chi connectivity index (χ2n) is 8.28. The molecule has 1 unspecified atom stereocenters. The molecule has 0 saturated carbocycles. The summed E-state index contributed by atoms with van der Waals surface area (Å²) in [6, 6.07) is 7.20. The van der Waals surface area contributed by atoms with Crippen LogP contribution in [0.4, 0.5) is 4.39 Å². The number of nitrogens with one attached hydrogen (secondary N) is 1. The van der Waals surface area contributed by atoms with Gasteiger partial charge in [-0.15, -0.1) is 0 Å². The van der Waals surface area contributed by atoms with Crippen molar-refractivity contribution >= 4 is 5.91 Å². The van der Waals surface area contributed by atoms with Crippen molar-refractivity contribution in [3.8, 4) is 0 Å². The number of amides is 1. The van der Waals surface area contributed by atoms with Gasteiger partial charge in [-0.1, -0.05) is 32.0 Å². The number of carbonyl (C=O) groups excluding carboxylic acids is 1. The molecular weight excluding hydrogens is 355 g/mol. The highest BCUT2D eigenvalue weighted by molar-refractivity contribution is 5.93. The van der Waals surface area contributed by atoms with Crippen molar-refractivity contribution in [3.63, 3.8) is 0 Å². The highest BCUT2D eigenvalue weighted by Crippen LogP contribution is 2.26. The maximum absolute atomic E-state index is 13.8. The topological polar surface area (TPSA) is 50.2 Å². The van der Waals surface area contributed by atoms with Crippen LogP contribution in [0.25, 0.3) is 0 Å². The second-order valence-corrected chi connectivity index (χ2v) is 8.28. The Labute approximate surface area is 166 Å². The van der Waals surface area contributed by atoms with Gasteiger partial charge in [-0.3, -0.25) is 9.48 Å². The summed E-state index contributed by atoms with van der Waals surface area (Å²) in [6.07, 6.45) is 3.36. The molecule has 0 fully saturated rings.